The van der Waals surface area contributed by atoms with Crippen LogP contribution in [-0.2, 0) is 14.1 Å². The van der Waals surface area contributed by atoms with Crippen LogP contribution in [0.2, 0.25) is 5.02 Å². The van der Waals surface area contributed by atoms with Crippen LogP contribution in [0, 0.1) is 6.92 Å². The first kappa shape index (κ1) is 22.8. The van der Waals surface area contributed by atoms with E-state index in [4.69, 9.17) is 21.7 Å². The van der Waals surface area contributed by atoms with E-state index in [0.717, 1.165) is 31.5 Å². The average molecular weight is 567 g/mol. The Morgan fingerprint density at radius 1 is 1.00 bits per heavy atom. The van der Waals surface area contributed by atoms with Crippen LogP contribution in [0.3, 0.4) is 0 Å². The van der Waals surface area contributed by atoms with E-state index in [-0.39, 0.29) is 5.56 Å². The zero-order valence-corrected chi connectivity index (χ0v) is 22.2. The molecule has 2 aliphatic heterocycles. The van der Waals surface area contributed by atoms with Crippen molar-refractivity contribution in [2.45, 2.75) is 13.0 Å². The molecule has 0 N–H and O–H groups in total. The largest absolute Gasteiger partial charge is 0.332 e. The van der Waals surface area contributed by atoms with E-state index >= 15 is 0 Å². The fourth-order valence-electron chi connectivity index (χ4n) is 5.07. The normalized spacial score (nSPS) is 16.1. The van der Waals surface area contributed by atoms with Crippen LogP contribution in [0.25, 0.3) is 5.69 Å². The maximum absolute atomic E-state index is 13.5. The number of nitrogens with zero attached hydrogens (tertiary/aromatic N) is 7. The Morgan fingerprint density at radius 3 is 2.42 bits per heavy atom. The van der Waals surface area contributed by atoms with E-state index in [9.17, 15) is 9.59 Å². The summed E-state index contributed by atoms with van der Waals surface area (Å²) in [7, 11) is 4.97. The Hall–Kier alpha value is -3.63. The minimum absolute atomic E-state index is 0.378. The smallest absolute Gasteiger partial charge is 0.299 e. The van der Waals surface area contributed by atoms with Gasteiger partial charge in [0.2, 0.25) is 5.96 Å². The van der Waals surface area contributed by atoms with Crippen molar-refractivity contribution in [2.24, 2.45) is 19.1 Å². The number of aryl methyl sites for hydroxylation is 1. The number of anilines is 2. The number of rotatable bonds is 2. The first-order valence-corrected chi connectivity index (χ1v) is 12.4. The van der Waals surface area contributed by atoms with Crippen LogP contribution in [0.5, 0.6) is 0 Å². The molecule has 2 aromatic carbocycles. The SMILES string of the molecule is Cc1nn(-c2ccc(Cl)cc2)c2c1C(c1cccc(Br)c1)N1C(=N2)N(C)c2c1c(=O)n(C)c(=O)n2C. The molecular formula is C25H21BrClN7O2. The van der Waals surface area contributed by atoms with Gasteiger partial charge in [0.1, 0.15) is 5.82 Å². The van der Waals surface area contributed by atoms with Gasteiger partial charge in [0.25, 0.3) is 5.56 Å². The second-order valence-electron chi connectivity index (χ2n) is 8.89. The quantitative estimate of drug-likeness (QED) is 0.366. The molecular weight excluding hydrogens is 546 g/mol. The van der Waals surface area contributed by atoms with Gasteiger partial charge in [0.15, 0.2) is 11.5 Å². The zero-order chi connectivity index (χ0) is 25.5. The maximum Gasteiger partial charge on any atom is 0.332 e. The Kier molecular flexibility index (Phi) is 5.03. The van der Waals surface area contributed by atoms with Gasteiger partial charge < -0.3 is 0 Å². The number of halogens is 2. The topological polar surface area (TPSA) is 80.7 Å². The van der Waals surface area contributed by atoms with Crippen molar-refractivity contribution in [3.8, 4) is 5.69 Å². The first-order valence-electron chi connectivity index (χ1n) is 11.2. The van der Waals surface area contributed by atoms with Crippen LogP contribution in [0.4, 0.5) is 17.3 Å². The summed E-state index contributed by atoms with van der Waals surface area (Å²) in [5.41, 5.74) is 3.05. The molecule has 0 spiro atoms. The highest BCUT2D eigenvalue weighted by Gasteiger charge is 2.46. The third kappa shape index (κ3) is 3.07. The highest BCUT2D eigenvalue weighted by atomic mass is 79.9. The molecule has 0 aliphatic carbocycles. The van der Waals surface area contributed by atoms with Gasteiger partial charge in [0, 0.05) is 36.2 Å². The summed E-state index contributed by atoms with van der Waals surface area (Å²) >= 11 is 9.73. The molecule has 2 aromatic heterocycles. The summed E-state index contributed by atoms with van der Waals surface area (Å²) in [5, 5.41) is 5.47. The summed E-state index contributed by atoms with van der Waals surface area (Å²) in [6.07, 6.45) is 0. The molecule has 11 heteroatoms. The molecule has 36 heavy (non-hydrogen) atoms. The molecule has 0 amide bonds. The van der Waals surface area contributed by atoms with Crippen LogP contribution in [0.1, 0.15) is 22.9 Å². The summed E-state index contributed by atoms with van der Waals surface area (Å²) in [6.45, 7) is 1.94. The van der Waals surface area contributed by atoms with Crippen LogP contribution < -0.4 is 21.0 Å². The molecule has 0 saturated carbocycles. The Bertz CT molecular complexity index is 1720. The molecule has 0 radical (unpaired) electrons. The third-order valence-corrected chi connectivity index (χ3v) is 7.48. The zero-order valence-electron chi connectivity index (χ0n) is 19.9. The van der Waals surface area contributed by atoms with Crippen molar-refractivity contribution in [1.29, 1.82) is 0 Å². The molecule has 0 saturated heterocycles. The van der Waals surface area contributed by atoms with Crippen molar-refractivity contribution in [3.63, 3.8) is 0 Å². The van der Waals surface area contributed by atoms with Crippen LogP contribution >= 0.6 is 27.5 Å². The lowest BCUT2D eigenvalue weighted by Crippen LogP contribution is -2.43. The summed E-state index contributed by atoms with van der Waals surface area (Å²) in [5.74, 6) is 1.69. The van der Waals surface area contributed by atoms with E-state index in [0.29, 0.717) is 28.3 Å². The Labute approximate surface area is 219 Å². The molecule has 182 valence electrons. The third-order valence-electron chi connectivity index (χ3n) is 6.74. The number of hydrogen-bond acceptors (Lipinski definition) is 6. The van der Waals surface area contributed by atoms with Crippen molar-refractivity contribution < 1.29 is 0 Å². The highest BCUT2D eigenvalue weighted by Crippen LogP contribution is 2.48. The molecule has 1 atom stereocenters. The van der Waals surface area contributed by atoms with Gasteiger partial charge in [-0.2, -0.15) is 10.1 Å². The molecule has 4 aromatic rings. The first-order chi connectivity index (χ1) is 17.2. The average Bonchev–Trinajstić information content (AvgIpc) is 3.35. The number of guanidine groups is 1. The van der Waals surface area contributed by atoms with Gasteiger partial charge in [-0.05, 0) is 48.9 Å². The fraction of sp³-hybridized carbons (Fsp3) is 0.200. The summed E-state index contributed by atoms with van der Waals surface area (Å²) in [4.78, 5) is 35.0. The van der Waals surface area contributed by atoms with Gasteiger partial charge in [-0.3, -0.25) is 23.7 Å². The minimum Gasteiger partial charge on any atom is -0.299 e. The van der Waals surface area contributed by atoms with Crippen LogP contribution in [0.15, 0.2) is 67.6 Å². The molecule has 6 rings (SSSR count). The molecule has 0 bridgehead atoms. The van der Waals surface area contributed by atoms with Gasteiger partial charge in [-0.15, -0.1) is 0 Å². The van der Waals surface area contributed by atoms with Gasteiger partial charge in [0.05, 0.1) is 17.4 Å². The predicted octanol–water partition coefficient (Wildman–Crippen LogP) is 4.04. The molecule has 1 unspecified atom stereocenters. The van der Waals surface area contributed by atoms with Crippen molar-refractivity contribution >= 4 is 50.8 Å². The Morgan fingerprint density at radius 2 is 1.72 bits per heavy atom. The van der Waals surface area contributed by atoms with Crippen molar-refractivity contribution in [1.82, 2.24) is 18.9 Å². The molecule has 2 aliphatic rings. The minimum atomic E-state index is -0.403. The van der Waals surface area contributed by atoms with Gasteiger partial charge in [-0.25, -0.2) is 9.48 Å². The van der Waals surface area contributed by atoms with E-state index in [1.54, 1.807) is 16.6 Å². The second kappa shape index (κ2) is 7.94. The standard InChI is InChI=1S/C25H21BrClN7O2/c1-13-18-19(14-6-5-7-15(26)12-14)33-20-22(31(3)25(36)32(4)23(20)35)30(2)24(33)28-21(18)34(29-13)17-10-8-16(27)9-11-17/h5-12,19H,1-4H3. The van der Waals surface area contributed by atoms with Crippen LogP contribution in [-0.4, -0.2) is 31.9 Å². The molecule has 9 nitrogen and oxygen atoms in total. The number of fused-ring (bicyclic) bond motifs is 4. The predicted molar refractivity (Wildman–Crippen MR) is 144 cm³/mol. The lowest BCUT2D eigenvalue weighted by atomic mass is 9.95. The summed E-state index contributed by atoms with van der Waals surface area (Å²) in [6, 6.07) is 15.0. The van der Waals surface area contributed by atoms with Crippen molar-refractivity contribution in [3.05, 3.63) is 95.7 Å². The Balaban J connectivity index is 1.70. The number of aromatic nitrogens is 4. The fourth-order valence-corrected chi connectivity index (χ4v) is 5.62. The summed E-state index contributed by atoms with van der Waals surface area (Å²) < 4.78 is 5.32. The second-order valence-corrected chi connectivity index (χ2v) is 10.2. The lowest BCUT2D eigenvalue weighted by molar-refractivity contribution is 0.686. The van der Waals surface area contributed by atoms with E-state index in [2.05, 4.69) is 15.9 Å². The molecule has 0 fully saturated rings. The highest BCUT2D eigenvalue weighted by molar-refractivity contribution is 9.10. The van der Waals surface area contributed by atoms with Crippen molar-refractivity contribution in [2.75, 3.05) is 16.8 Å². The van der Waals surface area contributed by atoms with Gasteiger partial charge >= 0.3 is 5.69 Å². The monoisotopic (exact) mass is 565 g/mol. The van der Waals surface area contributed by atoms with Gasteiger partial charge in [-0.1, -0.05) is 39.7 Å². The number of aliphatic imine (C=N–C) groups is 1. The number of hydrogen-bond donors (Lipinski definition) is 0. The maximum atomic E-state index is 13.5. The number of benzene rings is 2. The van der Waals surface area contributed by atoms with E-state index in [1.807, 2.05) is 67.4 Å². The van der Waals surface area contributed by atoms with E-state index < -0.39 is 11.7 Å². The lowest BCUT2D eigenvalue weighted by Gasteiger charge is -2.34. The molecule has 4 heterocycles. The van der Waals surface area contributed by atoms with E-state index in [1.165, 1.54) is 11.6 Å².